The van der Waals surface area contributed by atoms with E-state index in [0.717, 1.165) is 6.21 Å². The zero-order valence-corrected chi connectivity index (χ0v) is 7.14. The van der Waals surface area contributed by atoms with E-state index in [1.807, 2.05) is 6.07 Å². The Hall–Kier alpha value is -2.35. The topological polar surface area (TPSA) is 85.5 Å². The Labute approximate surface area is 80.3 Å². The van der Waals surface area contributed by atoms with Crippen LogP contribution >= 0.6 is 0 Å². The van der Waals surface area contributed by atoms with Crippen LogP contribution in [0.2, 0.25) is 0 Å². The Bertz CT molecular complexity index is 390. The fraction of sp³-hybridized carbons (Fsp3) is 0. The van der Waals surface area contributed by atoms with Crippen molar-refractivity contribution in [1.82, 2.24) is 0 Å². The molecule has 1 aromatic carbocycles. The summed E-state index contributed by atoms with van der Waals surface area (Å²) in [5.41, 5.74) is 3.67. The number of benzene rings is 1. The van der Waals surface area contributed by atoms with Crippen molar-refractivity contribution in [2.24, 2.45) is 5.10 Å². The molecule has 0 aliphatic carbocycles. The Balaban J connectivity index is 2.61. The van der Waals surface area contributed by atoms with Gasteiger partial charge in [0.1, 0.15) is 6.21 Å². The van der Waals surface area contributed by atoms with E-state index in [-0.39, 0.29) is 0 Å². The van der Waals surface area contributed by atoms with Gasteiger partial charge in [0, 0.05) is 0 Å². The second-order valence-electron chi connectivity index (χ2n) is 2.40. The third kappa shape index (κ3) is 2.95. The summed E-state index contributed by atoms with van der Waals surface area (Å²) in [4.78, 5) is 10.1. The highest BCUT2D eigenvalue weighted by atomic mass is 16.4. The Kier molecular flexibility index (Phi) is 3.21. The lowest BCUT2D eigenvalue weighted by Gasteiger charge is -1.97. The van der Waals surface area contributed by atoms with Gasteiger partial charge in [-0.3, -0.25) is 5.43 Å². The number of hydrogen-bond donors (Lipinski definition) is 2. The molecule has 0 saturated carbocycles. The van der Waals surface area contributed by atoms with Crippen LogP contribution in [0.5, 0.6) is 0 Å². The fourth-order valence-corrected chi connectivity index (χ4v) is 0.781. The number of hydrazone groups is 1. The molecule has 0 radical (unpaired) electrons. The van der Waals surface area contributed by atoms with E-state index in [2.05, 4.69) is 10.5 Å². The van der Waals surface area contributed by atoms with Gasteiger partial charge >= 0.3 is 5.97 Å². The minimum atomic E-state index is -1.12. The number of carbonyl (C=O) groups is 1. The summed E-state index contributed by atoms with van der Waals surface area (Å²) in [6.07, 6.45) is 0.748. The van der Waals surface area contributed by atoms with Crippen molar-refractivity contribution in [3.63, 3.8) is 0 Å². The van der Waals surface area contributed by atoms with Crippen LogP contribution in [-0.2, 0) is 4.79 Å². The lowest BCUT2D eigenvalue weighted by molar-refractivity contribution is -0.128. The first-order chi connectivity index (χ1) is 6.72. The quantitative estimate of drug-likeness (QED) is 0.549. The number of carboxylic acids is 1. The van der Waals surface area contributed by atoms with Gasteiger partial charge in [-0.1, -0.05) is 0 Å². The number of nitrogens with one attached hydrogen (secondary N) is 1. The van der Waals surface area contributed by atoms with E-state index in [4.69, 9.17) is 10.4 Å². The van der Waals surface area contributed by atoms with Crippen LogP contribution in [0, 0.1) is 11.3 Å². The first kappa shape index (κ1) is 9.74. The number of rotatable bonds is 3. The van der Waals surface area contributed by atoms with Crippen LogP contribution < -0.4 is 5.43 Å². The van der Waals surface area contributed by atoms with E-state index in [1.54, 1.807) is 24.3 Å². The van der Waals surface area contributed by atoms with Crippen LogP contribution in [0.1, 0.15) is 5.56 Å². The number of aliphatic carboxylic acids is 1. The molecule has 0 aromatic heterocycles. The zero-order valence-electron chi connectivity index (χ0n) is 7.14. The Morgan fingerprint density at radius 3 is 2.64 bits per heavy atom. The van der Waals surface area contributed by atoms with Crippen LogP contribution in [0.3, 0.4) is 0 Å². The lowest BCUT2D eigenvalue weighted by atomic mass is 10.2. The highest BCUT2D eigenvalue weighted by Crippen LogP contribution is 2.07. The first-order valence-corrected chi connectivity index (χ1v) is 3.74. The lowest BCUT2D eigenvalue weighted by Crippen LogP contribution is -1.98. The van der Waals surface area contributed by atoms with E-state index < -0.39 is 5.97 Å². The smallest absolute Gasteiger partial charge is 0.348 e. The average Bonchev–Trinajstić information content (AvgIpc) is 2.18. The minimum Gasteiger partial charge on any atom is -0.477 e. The molecule has 5 heteroatoms. The van der Waals surface area contributed by atoms with Crippen LogP contribution in [0.15, 0.2) is 29.4 Å². The minimum absolute atomic E-state index is 0.540. The fourth-order valence-electron chi connectivity index (χ4n) is 0.781. The molecule has 2 N–H and O–H groups in total. The molecular weight excluding hydrogens is 182 g/mol. The van der Waals surface area contributed by atoms with Crippen molar-refractivity contribution >= 4 is 17.9 Å². The van der Waals surface area contributed by atoms with E-state index in [0.29, 0.717) is 11.3 Å². The predicted octanol–water partition coefficient (Wildman–Crippen LogP) is 1.04. The van der Waals surface area contributed by atoms with Crippen molar-refractivity contribution < 1.29 is 9.90 Å². The molecule has 5 nitrogen and oxygen atoms in total. The van der Waals surface area contributed by atoms with Crippen LogP contribution in [-0.4, -0.2) is 17.3 Å². The maximum atomic E-state index is 10.1. The molecule has 0 spiro atoms. The molecule has 1 rings (SSSR count). The molecule has 0 atom stereocenters. The summed E-state index contributed by atoms with van der Waals surface area (Å²) in [5, 5.41) is 20.2. The molecular formula is C9H7N3O2. The van der Waals surface area contributed by atoms with Gasteiger partial charge in [-0.25, -0.2) is 4.79 Å². The molecule has 0 bridgehead atoms. The number of carboxylic acid groups (broad SMARTS) is 1. The molecule has 14 heavy (non-hydrogen) atoms. The van der Waals surface area contributed by atoms with Gasteiger partial charge in [-0.15, -0.1) is 0 Å². The van der Waals surface area contributed by atoms with Gasteiger partial charge in [-0.05, 0) is 24.3 Å². The molecule has 0 aliphatic heterocycles. The summed E-state index contributed by atoms with van der Waals surface area (Å²) in [5.74, 6) is -1.12. The van der Waals surface area contributed by atoms with Gasteiger partial charge < -0.3 is 5.11 Å². The molecule has 0 heterocycles. The maximum Gasteiger partial charge on any atom is 0.348 e. The van der Waals surface area contributed by atoms with Crippen molar-refractivity contribution in [1.29, 1.82) is 5.26 Å². The summed E-state index contributed by atoms with van der Waals surface area (Å²) in [6, 6.07) is 8.46. The predicted molar refractivity (Wildman–Crippen MR) is 50.9 cm³/mol. The standard InChI is InChI=1S/C9H7N3O2/c10-5-7-1-3-8(4-2-7)12-11-6-9(13)14/h1-4,6,12H,(H,13,14)/b11-6+. The number of anilines is 1. The first-order valence-electron chi connectivity index (χ1n) is 3.74. The van der Waals surface area contributed by atoms with E-state index in [9.17, 15) is 4.79 Å². The third-order valence-electron chi connectivity index (χ3n) is 1.38. The molecule has 1 aromatic rings. The number of nitrogens with zero attached hydrogens (tertiary/aromatic N) is 2. The molecule has 0 saturated heterocycles. The number of hydrogen-bond acceptors (Lipinski definition) is 4. The van der Waals surface area contributed by atoms with Crippen molar-refractivity contribution in [3.8, 4) is 6.07 Å². The van der Waals surface area contributed by atoms with Gasteiger partial charge in [0.05, 0.1) is 17.3 Å². The highest BCUT2D eigenvalue weighted by molar-refractivity contribution is 6.22. The third-order valence-corrected chi connectivity index (χ3v) is 1.38. The second-order valence-corrected chi connectivity index (χ2v) is 2.40. The molecule has 70 valence electrons. The normalized spacial score (nSPS) is 9.64. The largest absolute Gasteiger partial charge is 0.477 e. The number of nitriles is 1. The second kappa shape index (κ2) is 4.62. The van der Waals surface area contributed by atoms with Gasteiger partial charge in [-0.2, -0.15) is 10.4 Å². The molecule has 0 aliphatic rings. The van der Waals surface area contributed by atoms with E-state index in [1.165, 1.54) is 0 Å². The average molecular weight is 189 g/mol. The maximum absolute atomic E-state index is 10.1. The van der Waals surface area contributed by atoms with Gasteiger partial charge in [0.25, 0.3) is 0 Å². The van der Waals surface area contributed by atoms with Gasteiger partial charge in [0.2, 0.25) is 0 Å². The molecule has 0 unspecified atom stereocenters. The van der Waals surface area contributed by atoms with Crippen LogP contribution in [0.25, 0.3) is 0 Å². The SMILES string of the molecule is N#Cc1ccc(N/N=C/C(=O)O)cc1. The van der Waals surface area contributed by atoms with Crippen molar-refractivity contribution in [3.05, 3.63) is 29.8 Å². The summed E-state index contributed by atoms with van der Waals surface area (Å²) < 4.78 is 0. The van der Waals surface area contributed by atoms with E-state index >= 15 is 0 Å². The summed E-state index contributed by atoms with van der Waals surface area (Å²) in [7, 11) is 0. The summed E-state index contributed by atoms with van der Waals surface area (Å²) >= 11 is 0. The van der Waals surface area contributed by atoms with Crippen molar-refractivity contribution in [2.45, 2.75) is 0 Å². The summed E-state index contributed by atoms with van der Waals surface area (Å²) in [6.45, 7) is 0. The molecule has 0 amide bonds. The zero-order chi connectivity index (χ0) is 10.4. The van der Waals surface area contributed by atoms with Gasteiger partial charge in [0.15, 0.2) is 0 Å². The van der Waals surface area contributed by atoms with Crippen LogP contribution in [0.4, 0.5) is 5.69 Å². The van der Waals surface area contributed by atoms with Crippen molar-refractivity contribution in [2.75, 3.05) is 5.43 Å². The Morgan fingerprint density at radius 2 is 2.14 bits per heavy atom. The Morgan fingerprint density at radius 1 is 1.50 bits per heavy atom. The highest BCUT2D eigenvalue weighted by Gasteiger charge is 1.91. The monoisotopic (exact) mass is 189 g/mol. The molecule has 0 fully saturated rings.